The molecule has 1 aliphatic rings. The fourth-order valence-electron chi connectivity index (χ4n) is 2.42. The molecule has 1 N–H and O–H groups in total. The van der Waals surface area contributed by atoms with E-state index in [-0.39, 0.29) is 6.04 Å². The van der Waals surface area contributed by atoms with Crippen LogP contribution in [0.5, 0.6) is 0 Å². The summed E-state index contributed by atoms with van der Waals surface area (Å²) in [6.45, 7) is 2.54. The molecule has 1 heterocycles. The van der Waals surface area contributed by atoms with E-state index in [4.69, 9.17) is 0 Å². The van der Waals surface area contributed by atoms with E-state index in [1.54, 1.807) is 0 Å². The normalized spacial score (nSPS) is 18.9. The number of sulfonamides is 1. The molecule has 1 aromatic carbocycles. The summed E-state index contributed by atoms with van der Waals surface area (Å²) in [7, 11) is -3.13. The lowest BCUT2D eigenvalue weighted by Gasteiger charge is -2.27. The van der Waals surface area contributed by atoms with Gasteiger partial charge in [-0.2, -0.15) is 0 Å². The molecule has 0 aromatic heterocycles. The molecule has 5 heteroatoms. The molecular weight excluding hydrogens is 248 g/mol. The van der Waals surface area contributed by atoms with Crippen molar-refractivity contribution in [2.24, 2.45) is 0 Å². The van der Waals surface area contributed by atoms with Gasteiger partial charge in [-0.1, -0.05) is 30.3 Å². The Hall–Kier alpha value is -0.910. The summed E-state index contributed by atoms with van der Waals surface area (Å²) in [5.41, 5.74) is 1.18. The Kier molecular flexibility index (Phi) is 4.37. The van der Waals surface area contributed by atoms with Gasteiger partial charge in [-0.25, -0.2) is 13.1 Å². The number of hydrogen-bond donors (Lipinski definition) is 1. The zero-order chi connectivity index (χ0) is 13.0. The zero-order valence-corrected chi connectivity index (χ0v) is 11.5. The third-order valence-electron chi connectivity index (χ3n) is 3.30. The molecule has 18 heavy (non-hydrogen) atoms. The lowest BCUT2D eigenvalue weighted by molar-refractivity contribution is 0.246. The van der Waals surface area contributed by atoms with Crippen LogP contribution in [0.4, 0.5) is 0 Å². The smallest absolute Gasteiger partial charge is 0.208 e. The van der Waals surface area contributed by atoms with Crippen LogP contribution < -0.4 is 4.72 Å². The second-order valence-electron chi connectivity index (χ2n) is 4.79. The molecule has 0 amide bonds. The summed E-state index contributed by atoms with van der Waals surface area (Å²) in [5.74, 6) is 0. The Balaban J connectivity index is 2.12. The Morgan fingerprint density at radius 3 is 2.39 bits per heavy atom. The largest absolute Gasteiger partial charge is 0.295 e. The summed E-state index contributed by atoms with van der Waals surface area (Å²) >= 11 is 0. The van der Waals surface area contributed by atoms with E-state index < -0.39 is 10.0 Å². The van der Waals surface area contributed by atoms with Crippen LogP contribution in [0.1, 0.15) is 24.4 Å². The Morgan fingerprint density at radius 2 is 1.83 bits per heavy atom. The van der Waals surface area contributed by atoms with Crippen molar-refractivity contribution in [1.82, 2.24) is 9.62 Å². The van der Waals surface area contributed by atoms with Gasteiger partial charge in [-0.3, -0.25) is 4.90 Å². The summed E-state index contributed by atoms with van der Waals surface area (Å²) in [5, 5.41) is 0. The first-order valence-electron chi connectivity index (χ1n) is 6.30. The van der Waals surface area contributed by atoms with E-state index >= 15 is 0 Å². The van der Waals surface area contributed by atoms with Gasteiger partial charge in [0.2, 0.25) is 10.0 Å². The van der Waals surface area contributed by atoms with Crippen LogP contribution in [0, 0.1) is 0 Å². The first-order chi connectivity index (χ1) is 8.56. The molecule has 1 saturated heterocycles. The van der Waals surface area contributed by atoms with Gasteiger partial charge in [0.15, 0.2) is 0 Å². The third kappa shape index (κ3) is 3.80. The molecule has 4 nitrogen and oxygen atoms in total. The maximum Gasteiger partial charge on any atom is 0.208 e. The number of nitrogens with one attached hydrogen (secondary N) is 1. The van der Waals surface area contributed by atoms with Gasteiger partial charge in [0.1, 0.15) is 0 Å². The minimum atomic E-state index is -3.13. The molecule has 0 radical (unpaired) electrons. The van der Waals surface area contributed by atoms with Gasteiger partial charge in [0, 0.05) is 12.6 Å². The molecule has 100 valence electrons. The van der Waals surface area contributed by atoms with Gasteiger partial charge in [0.05, 0.1) is 6.26 Å². The standard InChI is InChI=1S/C13H20N2O2S/c1-18(16,17)14-11-13(15-9-5-6-10-15)12-7-3-2-4-8-12/h2-4,7-8,13-14H,5-6,9-11H2,1H3. The summed E-state index contributed by atoms with van der Waals surface area (Å²) in [6.07, 6.45) is 3.60. The predicted molar refractivity (Wildman–Crippen MR) is 72.8 cm³/mol. The minimum Gasteiger partial charge on any atom is -0.295 e. The average molecular weight is 268 g/mol. The van der Waals surface area contributed by atoms with Crippen molar-refractivity contribution in [3.63, 3.8) is 0 Å². The first kappa shape index (κ1) is 13.5. The van der Waals surface area contributed by atoms with Crippen LogP contribution in [0.25, 0.3) is 0 Å². The molecule has 0 bridgehead atoms. The van der Waals surface area contributed by atoms with Gasteiger partial charge < -0.3 is 0 Å². The quantitative estimate of drug-likeness (QED) is 0.877. The average Bonchev–Trinajstić information content (AvgIpc) is 2.83. The zero-order valence-electron chi connectivity index (χ0n) is 10.7. The van der Waals surface area contributed by atoms with E-state index in [1.807, 2.05) is 18.2 Å². The minimum absolute atomic E-state index is 0.142. The molecule has 0 spiro atoms. The van der Waals surface area contributed by atoms with Crippen LogP contribution in [0.15, 0.2) is 30.3 Å². The molecule has 0 saturated carbocycles. The monoisotopic (exact) mass is 268 g/mol. The van der Waals surface area contributed by atoms with Crippen LogP contribution in [0.3, 0.4) is 0 Å². The lowest BCUT2D eigenvalue weighted by Crippen LogP contribution is -2.36. The molecule has 1 fully saturated rings. The van der Waals surface area contributed by atoms with Crippen molar-refractivity contribution in [2.75, 3.05) is 25.9 Å². The number of likely N-dealkylation sites (tertiary alicyclic amines) is 1. The Labute approximate surface area is 109 Å². The predicted octanol–water partition coefficient (Wildman–Crippen LogP) is 1.37. The first-order valence-corrected chi connectivity index (χ1v) is 8.19. The fraction of sp³-hybridized carbons (Fsp3) is 0.538. The van der Waals surface area contributed by atoms with Crippen molar-refractivity contribution < 1.29 is 8.42 Å². The maximum atomic E-state index is 11.3. The van der Waals surface area contributed by atoms with Crippen LogP contribution >= 0.6 is 0 Å². The highest BCUT2D eigenvalue weighted by atomic mass is 32.2. The summed E-state index contributed by atoms with van der Waals surface area (Å²) < 4.78 is 25.1. The highest BCUT2D eigenvalue weighted by Gasteiger charge is 2.23. The molecule has 0 aliphatic carbocycles. The van der Waals surface area contributed by atoms with Gasteiger partial charge in [-0.05, 0) is 31.5 Å². The number of nitrogens with zero attached hydrogens (tertiary/aromatic N) is 1. The second kappa shape index (κ2) is 5.82. The van der Waals surface area contributed by atoms with Crippen molar-refractivity contribution in [3.05, 3.63) is 35.9 Å². The Bertz CT molecular complexity index is 467. The van der Waals surface area contributed by atoms with Gasteiger partial charge >= 0.3 is 0 Å². The van der Waals surface area contributed by atoms with E-state index in [0.29, 0.717) is 6.54 Å². The van der Waals surface area contributed by atoms with E-state index in [0.717, 1.165) is 13.1 Å². The Morgan fingerprint density at radius 1 is 1.22 bits per heavy atom. The van der Waals surface area contributed by atoms with E-state index in [9.17, 15) is 8.42 Å². The molecule has 1 atom stereocenters. The molecule has 1 aromatic rings. The molecule has 2 rings (SSSR count). The molecule has 1 unspecified atom stereocenters. The van der Waals surface area contributed by atoms with Crippen molar-refractivity contribution in [2.45, 2.75) is 18.9 Å². The van der Waals surface area contributed by atoms with Gasteiger partial charge in [-0.15, -0.1) is 0 Å². The van der Waals surface area contributed by atoms with Crippen molar-refractivity contribution in [1.29, 1.82) is 0 Å². The number of rotatable bonds is 5. The fourth-order valence-corrected chi connectivity index (χ4v) is 2.88. The van der Waals surface area contributed by atoms with Crippen LogP contribution in [0.2, 0.25) is 0 Å². The van der Waals surface area contributed by atoms with Gasteiger partial charge in [0.25, 0.3) is 0 Å². The van der Waals surface area contributed by atoms with Crippen LogP contribution in [-0.2, 0) is 10.0 Å². The highest BCUT2D eigenvalue weighted by Crippen LogP contribution is 2.24. The summed E-state index contributed by atoms with van der Waals surface area (Å²) in [6, 6.07) is 10.2. The highest BCUT2D eigenvalue weighted by molar-refractivity contribution is 7.88. The number of hydrogen-bond acceptors (Lipinski definition) is 3. The lowest BCUT2D eigenvalue weighted by atomic mass is 10.1. The van der Waals surface area contributed by atoms with Crippen LogP contribution in [-0.4, -0.2) is 39.2 Å². The van der Waals surface area contributed by atoms with Crippen molar-refractivity contribution in [3.8, 4) is 0 Å². The molecule has 1 aliphatic heterocycles. The van der Waals surface area contributed by atoms with E-state index in [1.165, 1.54) is 24.7 Å². The van der Waals surface area contributed by atoms with E-state index in [2.05, 4.69) is 21.8 Å². The molecular formula is C13H20N2O2S. The topological polar surface area (TPSA) is 49.4 Å². The SMILES string of the molecule is CS(=O)(=O)NCC(c1ccccc1)N1CCCC1. The maximum absolute atomic E-state index is 11.3. The number of benzene rings is 1. The van der Waals surface area contributed by atoms with Crippen molar-refractivity contribution >= 4 is 10.0 Å². The second-order valence-corrected chi connectivity index (χ2v) is 6.62. The summed E-state index contributed by atoms with van der Waals surface area (Å²) in [4.78, 5) is 2.35. The third-order valence-corrected chi connectivity index (χ3v) is 4.00.